The summed E-state index contributed by atoms with van der Waals surface area (Å²) in [5, 5.41) is 3.04. The summed E-state index contributed by atoms with van der Waals surface area (Å²) >= 11 is 13.6. The summed E-state index contributed by atoms with van der Waals surface area (Å²) in [5.74, 6) is 0. The fourth-order valence-electron chi connectivity index (χ4n) is 2.01. The van der Waals surface area contributed by atoms with E-state index in [9.17, 15) is 4.79 Å². The van der Waals surface area contributed by atoms with Crippen molar-refractivity contribution >= 4 is 45.8 Å². The number of aldehydes is 1. The van der Waals surface area contributed by atoms with Crippen molar-refractivity contribution in [3.63, 3.8) is 0 Å². The standard InChI is InChI=1S/C13H8Cl2N2OS/c1-7-6-19-13-16-12(11(5-18)17(7)13)9-4-8(14)2-3-10(9)15/h2-6H,1H3. The molecule has 0 radical (unpaired) electrons. The number of carbonyl (C=O) groups is 1. The Labute approximate surface area is 123 Å². The van der Waals surface area contributed by atoms with Crippen LogP contribution < -0.4 is 0 Å². The zero-order valence-corrected chi connectivity index (χ0v) is 12.2. The molecule has 0 unspecified atom stereocenters. The maximum absolute atomic E-state index is 11.4. The molecular formula is C13H8Cl2N2OS. The van der Waals surface area contributed by atoms with Crippen molar-refractivity contribution in [2.24, 2.45) is 0 Å². The SMILES string of the molecule is Cc1csc2nc(-c3cc(Cl)ccc3Cl)c(C=O)n12. The van der Waals surface area contributed by atoms with E-state index in [1.54, 1.807) is 18.2 Å². The molecule has 0 amide bonds. The van der Waals surface area contributed by atoms with E-state index in [1.807, 2.05) is 16.7 Å². The first-order valence-corrected chi connectivity index (χ1v) is 7.12. The Kier molecular flexibility index (Phi) is 3.09. The molecule has 0 aliphatic carbocycles. The summed E-state index contributed by atoms with van der Waals surface area (Å²) in [4.78, 5) is 16.6. The molecule has 0 N–H and O–H groups in total. The van der Waals surface area contributed by atoms with E-state index in [2.05, 4.69) is 4.98 Å². The highest BCUT2D eigenvalue weighted by atomic mass is 35.5. The summed E-state index contributed by atoms with van der Waals surface area (Å²) in [6.45, 7) is 1.93. The van der Waals surface area contributed by atoms with Crippen LogP contribution in [0.25, 0.3) is 16.2 Å². The second-order valence-electron chi connectivity index (χ2n) is 4.08. The van der Waals surface area contributed by atoms with Crippen molar-refractivity contribution in [3.05, 3.63) is 45.0 Å². The number of thiazole rings is 1. The third kappa shape index (κ3) is 1.96. The number of aromatic nitrogens is 2. The van der Waals surface area contributed by atoms with Crippen LogP contribution in [0.15, 0.2) is 23.6 Å². The summed E-state index contributed by atoms with van der Waals surface area (Å²) in [6.07, 6.45) is 0.798. The molecule has 19 heavy (non-hydrogen) atoms. The van der Waals surface area contributed by atoms with Crippen molar-refractivity contribution < 1.29 is 4.79 Å². The number of halogens is 2. The molecule has 6 heteroatoms. The van der Waals surface area contributed by atoms with Gasteiger partial charge in [-0.1, -0.05) is 23.2 Å². The Bertz CT molecular complexity index is 791. The van der Waals surface area contributed by atoms with Gasteiger partial charge >= 0.3 is 0 Å². The van der Waals surface area contributed by atoms with E-state index >= 15 is 0 Å². The maximum Gasteiger partial charge on any atom is 0.195 e. The number of hydrogen-bond acceptors (Lipinski definition) is 3. The van der Waals surface area contributed by atoms with Gasteiger partial charge < -0.3 is 0 Å². The van der Waals surface area contributed by atoms with Gasteiger partial charge in [0.25, 0.3) is 0 Å². The Hall–Kier alpha value is -1.36. The lowest BCUT2D eigenvalue weighted by molar-refractivity contribution is 0.111. The molecule has 96 valence electrons. The molecule has 3 nitrogen and oxygen atoms in total. The van der Waals surface area contributed by atoms with Crippen LogP contribution in [0.5, 0.6) is 0 Å². The summed E-state index contributed by atoms with van der Waals surface area (Å²) < 4.78 is 1.82. The highest BCUT2D eigenvalue weighted by Crippen LogP contribution is 2.33. The smallest absolute Gasteiger partial charge is 0.195 e. The first-order valence-electron chi connectivity index (χ1n) is 5.49. The van der Waals surface area contributed by atoms with Gasteiger partial charge in [0.1, 0.15) is 11.4 Å². The minimum atomic E-state index is 0.498. The number of imidazole rings is 1. The molecule has 2 heterocycles. The fourth-order valence-corrected chi connectivity index (χ4v) is 3.26. The van der Waals surface area contributed by atoms with Gasteiger partial charge in [0.15, 0.2) is 11.2 Å². The molecular weight excluding hydrogens is 303 g/mol. The van der Waals surface area contributed by atoms with Crippen LogP contribution in [0.1, 0.15) is 16.2 Å². The average molecular weight is 311 g/mol. The van der Waals surface area contributed by atoms with Crippen LogP contribution in [0.3, 0.4) is 0 Å². The number of hydrogen-bond donors (Lipinski definition) is 0. The number of nitrogens with zero attached hydrogens (tertiary/aromatic N) is 2. The van der Waals surface area contributed by atoms with Gasteiger partial charge in [-0.15, -0.1) is 11.3 Å². The Morgan fingerprint density at radius 1 is 1.37 bits per heavy atom. The fraction of sp³-hybridized carbons (Fsp3) is 0.0769. The van der Waals surface area contributed by atoms with Gasteiger partial charge in [0.05, 0.1) is 5.02 Å². The van der Waals surface area contributed by atoms with Crippen LogP contribution in [0, 0.1) is 6.92 Å². The Morgan fingerprint density at radius 3 is 2.89 bits per heavy atom. The summed E-state index contributed by atoms with van der Waals surface area (Å²) in [5.41, 5.74) is 2.71. The number of aryl methyl sites for hydroxylation is 1. The average Bonchev–Trinajstić information content (AvgIpc) is 2.92. The molecule has 0 aliphatic heterocycles. The second kappa shape index (κ2) is 4.63. The van der Waals surface area contributed by atoms with Crippen LogP contribution in [-0.4, -0.2) is 15.7 Å². The van der Waals surface area contributed by atoms with E-state index in [4.69, 9.17) is 23.2 Å². The Morgan fingerprint density at radius 2 is 2.16 bits per heavy atom. The second-order valence-corrected chi connectivity index (χ2v) is 5.76. The number of rotatable bonds is 2. The molecule has 0 bridgehead atoms. The van der Waals surface area contributed by atoms with E-state index in [0.717, 1.165) is 16.9 Å². The molecule has 3 aromatic rings. The van der Waals surface area contributed by atoms with Gasteiger partial charge in [-0.25, -0.2) is 4.98 Å². The monoisotopic (exact) mass is 310 g/mol. The number of fused-ring (bicyclic) bond motifs is 1. The van der Waals surface area contributed by atoms with Crippen molar-refractivity contribution in [2.75, 3.05) is 0 Å². The van der Waals surface area contributed by atoms with Gasteiger partial charge in [-0.2, -0.15) is 0 Å². The highest BCUT2D eigenvalue weighted by Gasteiger charge is 2.18. The third-order valence-electron chi connectivity index (χ3n) is 2.87. The van der Waals surface area contributed by atoms with Gasteiger partial charge in [0.2, 0.25) is 0 Å². The lowest BCUT2D eigenvalue weighted by Crippen LogP contribution is -1.93. The lowest BCUT2D eigenvalue weighted by atomic mass is 10.1. The first kappa shape index (κ1) is 12.7. The largest absolute Gasteiger partial charge is 0.296 e. The predicted octanol–water partition coefficient (Wildman–Crippen LogP) is 4.49. The van der Waals surface area contributed by atoms with E-state index < -0.39 is 0 Å². The van der Waals surface area contributed by atoms with E-state index in [1.165, 1.54) is 11.3 Å². The van der Waals surface area contributed by atoms with E-state index in [0.29, 0.717) is 27.0 Å². The molecule has 2 aromatic heterocycles. The van der Waals surface area contributed by atoms with Gasteiger partial charge in [0, 0.05) is 21.7 Å². The molecule has 0 spiro atoms. The topological polar surface area (TPSA) is 34.4 Å². The third-order valence-corrected chi connectivity index (χ3v) is 4.37. The maximum atomic E-state index is 11.4. The highest BCUT2D eigenvalue weighted by molar-refractivity contribution is 7.15. The van der Waals surface area contributed by atoms with Crippen molar-refractivity contribution in [1.29, 1.82) is 0 Å². The minimum Gasteiger partial charge on any atom is -0.296 e. The van der Waals surface area contributed by atoms with Crippen molar-refractivity contribution in [1.82, 2.24) is 9.38 Å². The van der Waals surface area contributed by atoms with E-state index in [-0.39, 0.29) is 0 Å². The van der Waals surface area contributed by atoms with Gasteiger partial charge in [-0.3, -0.25) is 9.20 Å². The summed E-state index contributed by atoms with van der Waals surface area (Å²) in [6, 6.07) is 5.13. The van der Waals surface area contributed by atoms with Crippen LogP contribution >= 0.6 is 34.5 Å². The summed E-state index contributed by atoms with van der Waals surface area (Å²) in [7, 11) is 0. The lowest BCUT2D eigenvalue weighted by Gasteiger charge is -2.03. The number of carbonyl (C=O) groups excluding carboxylic acids is 1. The molecule has 0 aliphatic rings. The van der Waals surface area contributed by atoms with Crippen molar-refractivity contribution in [2.45, 2.75) is 6.92 Å². The van der Waals surface area contributed by atoms with Gasteiger partial charge in [-0.05, 0) is 25.1 Å². The number of benzene rings is 1. The molecule has 0 saturated carbocycles. The predicted molar refractivity (Wildman–Crippen MR) is 78.6 cm³/mol. The molecule has 1 aromatic carbocycles. The minimum absolute atomic E-state index is 0.498. The molecule has 0 saturated heterocycles. The zero-order valence-electron chi connectivity index (χ0n) is 9.85. The molecule has 0 atom stereocenters. The normalized spacial score (nSPS) is 11.1. The first-order chi connectivity index (χ1) is 9.11. The van der Waals surface area contributed by atoms with Crippen LogP contribution in [0.2, 0.25) is 10.0 Å². The van der Waals surface area contributed by atoms with Crippen LogP contribution in [-0.2, 0) is 0 Å². The molecule has 0 fully saturated rings. The zero-order chi connectivity index (χ0) is 13.6. The Balaban J connectivity index is 2.36. The molecule has 3 rings (SSSR count). The van der Waals surface area contributed by atoms with Crippen molar-refractivity contribution in [3.8, 4) is 11.3 Å². The van der Waals surface area contributed by atoms with Crippen LogP contribution in [0.4, 0.5) is 0 Å². The quantitative estimate of drug-likeness (QED) is 0.653.